The van der Waals surface area contributed by atoms with E-state index in [1.807, 2.05) is 62.5 Å². The van der Waals surface area contributed by atoms with Crippen molar-refractivity contribution in [3.05, 3.63) is 96.7 Å². The van der Waals surface area contributed by atoms with Crippen LogP contribution in [0.5, 0.6) is 0 Å². The number of rotatable bonds is 7. The first-order valence-corrected chi connectivity index (χ1v) is 21.3. The third-order valence-corrected chi connectivity index (χ3v) is 12.0. The average molecular weight is 807 g/mol. The number of allylic oxidation sites excluding steroid dienone is 7. The molecule has 0 aromatic heterocycles. The molecule has 320 valence electrons. The largest absolute Gasteiger partial charge is 0.481 e. The Morgan fingerprint density at radius 3 is 2.34 bits per heavy atom. The van der Waals surface area contributed by atoms with Crippen molar-refractivity contribution >= 4 is 11.9 Å². The van der Waals surface area contributed by atoms with E-state index < -0.39 is 48.6 Å². The van der Waals surface area contributed by atoms with Crippen LogP contribution in [0, 0.1) is 17.8 Å². The van der Waals surface area contributed by atoms with Gasteiger partial charge >= 0.3 is 11.9 Å². The van der Waals surface area contributed by atoms with Crippen molar-refractivity contribution in [2.75, 3.05) is 0 Å². The Kier molecular flexibility index (Phi) is 18.0. The number of aliphatic carboxylic acids is 1. The number of hydrogen-bond acceptors (Lipinski definition) is 10. The molecule has 15 atom stereocenters. The molecule has 0 saturated carbocycles. The van der Waals surface area contributed by atoms with Crippen LogP contribution in [0.25, 0.3) is 0 Å². The molecular weight excluding hydrogens is 741 g/mol. The van der Waals surface area contributed by atoms with Crippen molar-refractivity contribution in [2.24, 2.45) is 17.8 Å². The topological polar surface area (TPSA) is 161 Å². The maximum atomic E-state index is 13.0. The summed E-state index contributed by atoms with van der Waals surface area (Å²) >= 11 is 0. The van der Waals surface area contributed by atoms with Crippen LogP contribution in [0.15, 0.2) is 96.7 Å². The van der Waals surface area contributed by atoms with Crippen LogP contribution in [-0.2, 0) is 33.3 Å². The summed E-state index contributed by atoms with van der Waals surface area (Å²) in [4.78, 5) is 23.9. The Labute approximate surface area is 344 Å². The second kappa shape index (κ2) is 22.8. The Morgan fingerprint density at radius 1 is 0.759 bits per heavy atom. The molecule has 0 radical (unpaired) electrons. The summed E-state index contributed by atoms with van der Waals surface area (Å²) in [5.41, 5.74) is 0.945. The molecule has 0 aromatic rings. The molecule has 11 nitrogen and oxygen atoms in total. The summed E-state index contributed by atoms with van der Waals surface area (Å²) in [5.74, 6) is -1.09. The number of ether oxygens (including phenoxy) is 5. The first-order chi connectivity index (χ1) is 27.9. The quantitative estimate of drug-likeness (QED) is 0.122. The van der Waals surface area contributed by atoms with E-state index in [1.165, 1.54) is 6.08 Å². The first-order valence-electron chi connectivity index (χ1n) is 21.3. The van der Waals surface area contributed by atoms with Gasteiger partial charge in [0.2, 0.25) is 0 Å². The smallest absolute Gasteiger partial charge is 0.331 e. The van der Waals surface area contributed by atoms with Crippen LogP contribution >= 0.6 is 0 Å². The Bertz CT molecular complexity index is 1570. The van der Waals surface area contributed by atoms with Crippen molar-refractivity contribution in [1.82, 2.24) is 0 Å². The highest BCUT2D eigenvalue weighted by molar-refractivity contribution is 5.82. The van der Waals surface area contributed by atoms with Gasteiger partial charge < -0.3 is 44.1 Å². The highest BCUT2D eigenvalue weighted by atomic mass is 16.6. The second-order valence-electron chi connectivity index (χ2n) is 16.6. The zero-order valence-corrected chi connectivity index (χ0v) is 34.5. The van der Waals surface area contributed by atoms with E-state index in [0.29, 0.717) is 25.7 Å². The van der Waals surface area contributed by atoms with Crippen molar-refractivity contribution in [2.45, 2.75) is 165 Å². The minimum absolute atomic E-state index is 0.0508. The summed E-state index contributed by atoms with van der Waals surface area (Å²) in [6, 6.07) is 0. The van der Waals surface area contributed by atoms with E-state index in [-0.39, 0.29) is 67.2 Å². The van der Waals surface area contributed by atoms with Crippen molar-refractivity contribution in [3.63, 3.8) is 0 Å². The summed E-state index contributed by atoms with van der Waals surface area (Å²) in [6.45, 7) is 8.15. The van der Waals surface area contributed by atoms with E-state index in [0.717, 1.165) is 31.3 Å². The molecule has 7 bridgehead atoms. The van der Waals surface area contributed by atoms with E-state index in [4.69, 9.17) is 28.8 Å². The molecule has 4 N–H and O–H groups in total. The lowest BCUT2D eigenvalue weighted by Gasteiger charge is -2.40. The SMILES string of the molecule is C/C(=C\[C@@H](C)CCCCC(=O)O)[C@H]1O[C@H]2C=C[C@H]1OC(=O)\C=C/C=C\C=C\[C@H]1O[C@H]3C[C@@H]1O[C@H](/C=C/C[C@H]1O[C@H](C[C@H](O)[C@H]1C)[C@@H](O)[C@@H](O)/C=C/CC/C=C/C2)[C@H]3C. The molecule has 6 heterocycles. The lowest BCUT2D eigenvalue weighted by molar-refractivity contribution is -0.175. The van der Waals surface area contributed by atoms with Gasteiger partial charge in [-0.15, -0.1) is 0 Å². The van der Waals surface area contributed by atoms with Crippen molar-refractivity contribution < 1.29 is 53.7 Å². The zero-order chi connectivity index (χ0) is 41.6. The van der Waals surface area contributed by atoms with E-state index in [9.17, 15) is 24.9 Å². The number of carbonyl (C=O) groups is 2. The van der Waals surface area contributed by atoms with Gasteiger partial charge in [0, 0.05) is 37.2 Å². The summed E-state index contributed by atoms with van der Waals surface area (Å²) in [7, 11) is 0. The van der Waals surface area contributed by atoms with Crippen molar-refractivity contribution in [3.8, 4) is 0 Å². The summed E-state index contributed by atoms with van der Waals surface area (Å²) < 4.78 is 31.5. The van der Waals surface area contributed by atoms with Crippen LogP contribution in [0.1, 0.15) is 91.9 Å². The highest BCUT2D eigenvalue weighted by Gasteiger charge is 2.45. The van der Waals surface area contributed by atoms with E-state index in [2.05, 4.69) is 32.1 Å². The second-order valence-corrected chi connectivity index (χ2v) is 16.6. The number of carboxylic acid groups (broad SMARTS) is 1. The molecule has 11 heteroatoms. The van der Waals surface area contributed by atoms with Gasteiger partial charge in [-0.05, 0) is 63.0 Å². The van der Waals surface area contributed by atoms with Crippen LogP contribution < -0.4 is 0 Å². The average Bonchev–Trinajstić information content (AvgIpc) is 3.54. The van der Waals surface area contributed by atoms with Gasteiger partial charge in [0.15, 0.2) is 6.10 Å². The third-order valence-electron chi connectivity index (χ3n) is 12.0. The van der Waals surface area contributed by atoms with Crippen LogP contribution in [0.2, 0.25) is 0 Å². The molecule has 6 rings (SSSR count). The predicted molar refractivity (Wildman–Crippen MR) is 222 cm³/mol. The number of esters is 1. The van der Waals surface area contributed by atoms with Crippen LogP contribution in [-0.4, -0.2) is 106 Å². The fourth-order valence-electron chi connectivity index (χ4n) is 8.38. The lowest BCUT2D eigenvalue weighted by Crippen LogP contribution is -2.50. The standard InChI is InChI=1S/C47H66O11/c1-30(17-14-15-23-44(50)51)27-31(2)47-40-26-25-34(54-47)18-10-6-5-7-11-19-35(48)46(53)43-28-36(49)32(3)37(56-43)21-16-22-38-33(4)41-29-42(55-38)39(57-41)20-12-8-9-13-24-45(52)58-40/h6,8-13,16,19-20,22,24-27,30,32-43,46-49,53H,5,7,14-15,17-18,21,23,28-29H2,1-4H3,(H,50,51)/b9-8-,10-6+,19-11+,20-12+,22-16+,24-13-,31-27+/t30-,32+,33+,34+,35-,36-,37+,38+,39+,40+,41-,42-,43+,46-,47+/m0/s1. The molecule has 6 aliphatic heterocycles. The fourth-order valence-corrected chi connectivity index (χ4v) is 8.38. The molecule has 0 unspecified atom stereocenters. The molecular formula is C47H66O11. The van der Waals surface area contributed by atoms with Crippen molar-refractivity contribution in [1.29, 1.82) is 0 Å². The number of fused-ring (bicyclic) bond motifs is 13. The van der Waals surface area contributed by atoms with Gasteiger partial charge in [-0.1, -0.05) is 106 Å². The van der Waals surface area contributed by atoms with Gasteiger partial charge in [-0.2, -0.15) is 0 Å². The summed E-state index contributed by atoms with van der Waals surface area (Å²) in [6.07, 6.45) is 28.3. The summed E-state index contributed by atoms with van der Waals surface area (Å²) in [5, 5.41) is 41.7. The maximum Gasteiger partial charge on any atom is 0.331 e. The molecule has 0 spiro atoms. The molecule has 3 fully saturated rings. The number of carbonyl (C=O) groups excluding carboxylic acids is 1. The van der Waals surface area contributed by atoms with Gasteiger partial charge in [-0.25, -0.2) is 4.79 Å². The number of aliphatic hydroxyl groups excluding tert-OH is 3. The Hall–Kier alpha value is -3.42. The Balaban J connectivity index is 1.29. The molecule has 0 aliphatic carbocycles. The molecule has 3 saturated heterocycles. The first kappa shape index (κ1) is 45.7. The normalized spacial score (nSPS) is 41.7. The number of aliphatic hydroxyl groups is 3. The van der Waals surface area contributed by atoms with Gasteiger partial charge in [-0.3, -0.25) is 4.79 Å². The van der Waals surface area contributed by atoms with Gasteiger partial charge in [0.1, 0.15) is 24.4 Å². The maximum absolute atomic E-state index is 13.0. The monoisotopic (exact) mass is 806 g/mol. The minimum atomic E-state index is -1.18. The van der Waals surface area contributed by atoms with Crippen LogP contribution in [0.3, 0.4) is 0 Å². The molecule has 6 aliphatic rings. The predicted octanol–water partition coefficient (Wildman–Crippen LogP) is 6.80. The van der Waals surface area contributed by atoms with Gasteiger partial charge in [0.05, 0.1) is 42.7 Å². The highest BCUT2D eigenvalue weighted by Crippen LogP contribution is 2.38. The van der Waals surface area contributed by atoms with E-state index >= 15 is 0 Å². The minimum Gasteiger partial charge on any atom is -0.481 e. The Morgan fingerprint density at radius 2 is 1.53 bits per heavy atom. The van der Waals surface area contributed by atoms with Crippen LogP contribution in [0.4, 0.5) is 0 Å². The molecule has 0 aromatic carbocycles. The number of hydrogen-bond donors (Lipinski definition) is 4. The number of unbranched alkanes of at least 4 members (excludes halogenated alkanes) is 1. The zero-order valence-electron chi connectivity index (χ0n) is 34.5. The molecule has 0 amide bonds. The van der Waals surface area contributed by atoms with Gasteiger partial charge in [0.25, 0.3) is 0 Å². The third kappa shape index (κ3) is 13.6. The fraction of sp³-hybridized carbons (Fsp3) is 0.617. The number of carboxylic acids is 1. The lowest BCUT2D eigenvalue weighted by atomic mass is 9.85. The van der Waals surface area contributed by atoms with E-state index in [1.54, 1.807) is 18.2 Å². The molecule has 58 heavy (non-hydrogen) atoms.